The maximum absolute atomic E-state index is 12.2. The van der Waals surface area contributed by atoms with Gasteiger partial charge in [-0.2, -0.15) is 0 Å². The molecule has 2 rings (SSSR count). The normalized spacial score (nSPS) is 18.6. The van der Waals surface area contributed by atoms with Gasteiger partial charge in [0.25, 0.3) is 0 Å². The fraction of sp³-hybridized carbons (Fsp3) is 0.714. The average molecular weight is 280 g/mol. The van der Waals surface area contributed by atoms with E-state index < -0.39 is 6.04 Å². The predicted octanol–water partition coefficient (Wildman–Crippen LogP) is 0.611. The molecule has 1 aromatic heterocycles. The Hall–Kier alpha value is -1.40. The highest BCUT2D eigenvalue weighted by Gasteiger charge is 2.27. The van der Waals surface area contributed by atoms with Crippen LogP contribution in [0.1, 0.15) is 25.3 Å². The Morgan fingerprint density at radius 2 is 2.05 bits per heavy atom. The van der Waals surface area contributed by atoms with E-state index in [0.717, 1.165) is 44.2 Å². The monoisotopic (exact) mass is 280 g/mol. The summed E-state index contributed by atoms with van der Waals surface area (Å²) in [6.07, 6.45) is 0. The summed E-state index contributed by atoms with van der Waals surface area (Å²) in [7, 11) is 0. The maximum Gasteiger partial charge on any atom is 0.239 e. The van der Waals surface area contributed by atoms with Crippen molar-refractivity contribution in [3.8, 4) is 0 Å². The van der Waals surface area contributed by atoms with Crippen molar-refractivity contribution in [2.24, 2.45) is 11.7 Å². The van der Waals surface area contributed by atoms with Crippen molar-refractivity contribution in [3.05, 3.63) is 17.5 Å². The van der Waals surface area contributed by atoms with Crippen molar-refractivity contribution in [1.82, 2.24) is 15.0 Å². The Bertz CT molecular complexity index is 450. The minimum Gasteiger partial charge on any atom is -0.360 e. The summed E-state index contributed by atoms with van der Waals surface area (Å²) in [5.74, 6) is 1.12. The molecule has 20 heavy (non-hydrogen) atoms. The van der Waals surface area contributed by atoms with E-state index in [1.54, 1.807) is 0 Å². The lowest BCUT2D eigenvalue weighted by molar-refractivity contribution is -0.135. The molecule has 1 amide bonds. The van der Waals surface area contributed by atoms with Gasteiger partial charge in [0, 0.05) is 32.2 Å². The predicted molar refractivity (Wildman–Crippen MR) is 75.9 cm³/mol. The number of rotatable bonds is 4. The molecule has 0 saturated carbocycles. The van der Waals surface area contributed by atoms with Gasteiger partial charge >= 0.3 is 0 Å². The van der Waals surface area contributed by atoms with Gasteiger partial charge in [-0.15, -0.1) is 0 Å². The van der Waals surface area contributed by atoms with Crippen LogP contribution < -0.4 is 5.73 Å². The van der Waals surface area contributed by atoms with Gasteiger partial charge in [-0.1, -0.05) is 19.0 Å². The molecule has 1 unspecified atom stereocenters. The fourth-order valence-corrected chi connectivity index (χ4v) is 2.33. The van der Waals surface area contributed by atoms with Gasteiger partial charge in [0.15, 0.2) is 5.76 Å². The lowest BCUT2D eigenvalue weighted by atomic mass is 10.0. The molecule has 2 heterocycles. The molecule has 6 heteroatoms. The summed E-state index contributed by atoms with van der Waals surface area (Å²) in [6, 6.07) is 1.56. The van der Waals surface area contributed by atoms with Crippen molar-refractivity contribution < 1.29 is 9.32 Å². The van der Waals surface area contributed by atoms with E-state index in [9.17, 15) is 4.79 Å². The molecular formula is C14H24N4O2. The smallest absolute Gasteiger partial charge is 0.239 e. The fourth-order valence-electron chi connectivity index (χ4n) is 2.33. The molecule has 6 nitrogen and oxygen atoms in total. The third kappa shape index (κ3) is 3.58. The zero-order valence-corrected chi connectivity index (χ0v) is 12.5. The van der Waals surface area contributed by atoms with E-state index in [1.165, 1.54) is 0 Å². The summed E-state index contributed by atoms with van der Waals surface area (Å²) in [5, 5.41) is 3.89. The third-order valence-corrected chi connectivity index (χ3v) is 3.74. The number of piperazine rings is 1. The molecule has 1 aromatic rings. The number of carbonyl (C=O) groups excluding carboxylic acids is 1. The molecular weight excluding hydrogens is 256 g/mol. The number of nitrogens with two attached hydrogens (primary N) is 1. The Labute approximate surface area is 119 Å². The van der Waals surface area contributed by atoms with E-state index in [0.29, 0.717) is 0 Å². The van der Waals surface area contributed by atoms with Crippen LogP contribution in [0.15, 0.2) is 10.6 Å². The van der Waals surface area contributed by atoms with Crippen LogP contribution >= 0.6 is 0 Å². The van der Waals surface area contributed by atoms with Gasteiger partial charge in [0.2, 0.25) is 5.91 Å². The second-order valence-electron chi connectivity index (χ2n) is 5.81. The molecule has 0 aromatic carbocycles. The first kappa shape index (κ1) is 15.0. The molecule has 0 radical (unpaired) electrons. The minimum absolute atomic E-state index is 0.0650. The highest BCUT2D eigenvalue weighted by Crippen LogP contribution is 2.11. The lowest BCUT2D eigenvalue weighted by Crippen LogP contribution is -2.54. The number of hydrogen-bond donors (Lipinski definition) is 1. The molecule has 0 bridgehead atoms. The Morgan fingerprint density at radius 3 is 2.55 bits per heavy atom. The van der Waals surface area contributed by atoms with Crippen LogP contribution in [0, 0.1) is 12.8 Å². The standard InChI is InChI=1S/C14H24N4O2/c1-10(2)13(15)14(19)18-6-4-17(5-7-18)9-12-8-11(3)16-20-12/h8,10,13H,4-7,9,15H2,1-3H3. The maximum atomic E-state index is 12.2. The second-order valence-corrected chi connectivity index (χ2v) is 5.81. The summed E-state index contributed by atoms with van der Waals surface area (Å²) in [4.78, 5) is 16.3. The molecule has 1 aliphatic heterocycles. The second kappa shape index (κ2) is 6.37. The largest absolute Gasteiger partial charge is 0.360 e. The Morgan fingerprint density at radius 1 is 1.40 bits per heavy atom. The number of aryl methyl sites for hydroxylation is 1. The van der Waals surface area contributed by atoms with E-state index >= 15 is 0 Å². The van der Waals surface area contributed by atoms with Gasteiger partial charge in [0.05, 0.1) is 18.3 Å². The highest BCUT2D eigenvalue weighted by atomic mass is 16.5. The van der Waals surface area contributed by atoms with Crippen molar-refractivity contribution in [2.75, 3.05) is 26.2 Å². The van der Waals surface area contributed by atoms with Gasteiger partial charge in [0.1, 0.15) is 0 Å². The summed E-state index contributed by atoms with van der Waals surface area (Å²) >= 11 is 0. The van der Waals surface area contributed by atoms with Crippen LogP contribution in [-0.4, -0.2) is 53.1 Å². The first-order valence-electron chi connectivity index (χ1n) is 7.16. The van der Waals surface area contributed by atoms with Crippen LogP contribution in [0.25, 0.3) is 0 Å². The number of aromatic nitrogens is 1. The molecule has 1 saturated heterocycles. The number of nitrogens with zero attached hydrogens (tertiary/aromatic N) is 3. The molecule has 1 aliphatic rings. The first-order valence-corrected chi connectivity index (χ1v) is 7.16. The van der Waals surface area contributed by atoms with Gasteiger partial charge < -0.3 is 15.2 Å². The van der Waals surface area contributed by atoms with Crippen molar-refractivity contribution >= 4 is 5.91 Å². The Balaban J connectivity index is 1.82. The van der Waals surface area contributed by atoms with Crippen molar-refractivity contribution in [1.29, 1.82) is 0 Å². The van der Waals surface area contributed by atoms with Crippen LogP contribution in [0.3, 0.4) is 0 Å². The molecule has 0 spiro atoms. The number of carbonyl (C=O) groups is 1. The van der Waals surface area contributed by atoms with E-state index in [-0.39, 0.29) is 11.8 Å². The molecule has 1 atom stereocenters. The van der Waals surface area contributed by atoms with Gasteiger partial charge in [-0.25, -0.2) is 0 Å². The van der Waals surface area contributed by atoms with Crippen molar-refractivity contribution in [3.63, 3.8) is 0 Å². The molecule has 1 fully saturated rings. The van der Waals surface area contributed by atoms with Gasteiger partial charge in [-0.3, -0.25) is 9.69 Å². The van der Waals surface area contributed by atoms with Crippen molar-refractivity contribution in [2.45, 2.75) is 33.4 Å². The zero-order chi connectivity index (χ0) is 14.7. The Kier molecular flexibility index (Phi) is 4.77. The van der Waals surface area contributed by atoms with Crippen LogP contribution in [0.2, 0.25) is 0 Å². The summed E-state index contributed by atoms with van der Waals surface area (Å²) < 4.78 is 5.22. The van der Waals surface area contributed by atoms with Crippen LogP contribution in [-0.2, 0) is 11.3 Å². The number of hydrogen-bond acceptors (Lipinski definition) is 5. The van der Waals surface area contributed by atoms with E-state index in [2.05, 4.69) is 10.1 Å². The van der Waals surface area contributed by atoms with Gasteiger partial charge in [-0.05, 0) is 12.8 Å². The molecule has 112 valence electrons. The van der Waals surface area contributed by atoms with E-state index in [4.69, 9.17) is 10.3 Å². The first-order chi connectivity index (χ1) is 9.47. The third-order valence-electron chi connectivity index (χ3n) is 3.74. The van der Waals surface area contributed by atoms with Crippen LogP contribution in [0.5, 0.6) is 0 Å². The lowest BCUT2D eigenvalue weighted by Gasteiger charge is -2.36. The zero-order valence-electron chi connectivity index (χ0n) is 12.5. The summed E-state index contributed by atoms with van der Waals surface area (Å²) in [5.41, 5.74) is 6.82. The average Bonchev–Trinajstić information content (AvgIpc) is 2.83. The van der Waals surface area contributed by atoms with E-state index in [1.807, 2.05) is 31.7 Å². The highest BCUT2D eigenvalue weighted by molar-refractivity contribution is 5.82. The minimum atomic E-state index is -0.390. The number of amides is 1. The van der Waals surface area contributed by atoms with Crippen LogP contribution in [0.4, 0.5) is 0 Å². The quantitative estimate of drug-likeness (QED) is 0.874. The topological polar surface area (TPSA) is 75.6 Å². The summed E-state index contributed by atoms with van der Waals surface area (Å²) in [6.45, 7) is 9.76. The molecule has 0 aliphatic carbocycles. The SMILES string of the molecule is Cc1cc(CN2CCN(C(=O)C(N)C(C)C)CC2)on1. The molecule has 2 N–H and O–H groups in total.